The smallest absolute Gasteiger partial charge is 0.221 e. The second kappa shape index (κ2) is 6.32. The van der Waals surface area contributed by atoms with Crippen LogP contribution >= 0.6 is 11.8 Å². The molecule has 3 aromatic rings. The van der Waals surface area contributed by atoms with Gasteiger partial charge in [-0.25, -0.2) is 0 Å². The first-order valence-electron chi connectivity index (χ1n) is 7.34. The molecule has 0 amide bonds. The lowest BCUT2D eigenvalue weighted by molar-refractivity contribution is 0.108. The zero-order valence-corrected chi connectivity index (χ0v) is 13.5. The second-order valence-electron chi connectivity index (χ2n) is 5.05. The third-order valence-electron chi connectivity index (χ3n) is 3.62. The van der Waals surface area contributed by atoms with E-state index in [1.807, 2.05) is 56.3 Å². The molecule has 110 valence electrons. The lowest BCUT2D eigenvalue weighted by Gasteiger charge is -2.14. The van der Waals surface area contributed by atoms with Crippen LogP contribution in [0.4, 0.5) is 0 Å². The number of aryl methyl sites for hydroxylation is 1. The topological polar surface area (TPSA) is 30.0 Å². The first-order chi connectivity index (χ1) is 10.7. The maximum atomic E-state index is 12.6. The van der Waals surface area contributed by atoms with Crippen LogP contribution in [0.15, 0.2) is 54.6 Å². The van der Waals surface area contributed by atoms with Crippen molar-refractivity contribution >= 4 is 27.8 Å². The molecular formula is C19H17NOS. The van der Waals surface area contributed by atoms with Crippen LogP contribution in [-0.2, 0) is 0 Å². The van der Waals surface area contributed by atoms with Crippen molar-refractivity contribution in [2.24, 2.45) is 0 Å². The number of thioether (sulfide) groups is 1. The van der Waals surface area contributed by atoms with Gasteiger partial charge >= 0.3 is 0 Å². The first-order valence-corrected chi connectivity index (χ1v) is 8.32. The molecule has 0 bridgehead atoms. The van der Waals surface area contributed by atoms with E-state index < -0.39 is 0 Å². The minimum Gasteiger partial charge on any atom is -0.281 e. The predicted molar refractivity (Wildman–Crippen MR) is 94.4 cm³/mol. The summed E-state index contributed by atoms with van der Waals surface area (Å²) in [6, 6.07) is 18.1. The van der Waals surface area contributed by atoms with Crippen LogP contribution in [0, 0.1) is 6.92 Å². The molecule has 2 aromatic carbocycles. The van der Waals surface area contributed by atoms with Crippen molar-refractivity contribution in [3.05, 3.63) is 65.9 Å². The predicted octanol–water partition coefficient (Wildman–Crippen LogP) is 5.10. The zero-order valence-electron chi connectivity index (χ0n) is 12.7. The molecule has 0 aliphatic rings. The Morgan fingerprint density at radius 2 is 1.73 bits per heavy atom. The van der Waals surface area contributed by atoms with Crippen molar-refractivity contribution < 1.29 is 4.79 Å². The van der Waals surface area contributed by atoms with E-state index in [9.17, 15) is 4.79 Å². The molecule has 0 saturated carbocycles. The van der Waals surface area contributed by atoms with E-state index in [1.54, 1.807) is 0 Å². The summed E-state index contributed by atoms with van der Waals surface area (Å²) in [5, 5.41) is 1.12. The largest absolute Gasteiger partial charge is 0.281 e. The van der Waals surface area contributed by atoms with E-state index in [0.29, 0.717) is 0 Å². The molecule has 0 fully saturated rings. The Morgan fingerprint density at radius 3 is 2.45 bits per heavy atom. The maximum Gasteiger partial charge on any atom is 0.221 e. The average Bonchev–Trinajstić information content (AvgIpc) is 2.54. The monoisotopic (exact) mass is 307 g/mol. The number of rotatable bonds is 3. The van der Waals surface area contributed by atoms with Crippen LogP contribution in [0.5, 0.6) is 0 Å². The van der Waals surface area contributed by atoms with Crippen LogP contribution in [0.3, 0.4) is 0 Å². The van der Waals surface area contributed by atoms with Gasteiger partial charge in [-0.05, 0) is 24.3 Å². The van der Waals surface area contributed by atoms with Crippen molar-refractivity contribution in [1.29, 1.82) is 0 Å². The van der Waals surface area contributed by atoms with E-state index >= 15 is 0 Å². The molecule has 1 aromatic heterocycles. The SMILES string of the molecule is CCSC(=O)c1c(C)nc2ccccc2c1-c1ccccc1. The molecule has 0 saturated heterocycles. The summed E-state index contributed by atoms with van der Waals surface area (Å²) >= 11 is 1.34. The minimum absolute atomic E-state index is 0.0945. The van der Waals surface area contributed by atoms with E-state index in [4.69, 9.17) is 0 Å². The summed E-state index contributed by atoms with van der Waals surface area (Å²) in [4.78, 5) is 17.3. The van der Waals surface area contributed by atoms with Gasteiger partial charge in [0.1, 0.15) is 0 Å². The molecule has 0 atom stereocenters. The number of hydrogen-bond donors (Lipinski definition) is 0. The summed E-state index contributed by atoms with van der Waals surface area (Å²) in [6.07, 6.45) is 0. The molecular weight excluding hydrogens is 290 g/mol. The number of hydrogen-bond acceptors (Lipinski definition) is 3. The van der Waals surface area contributed by atoms with Gasteiger partial charge in [0.2, 0.25) is 5.12 Å². The van der Waals surface area contributed by atoms with E-state index in [0.717, 1.165) is 39.0 Å². The molecule has 0 aliphatic heterocycles. The highest BCUT2D eigenvalue weighted by Gasteiger charge is 2.19. The van der Waals surface area contributed by atoms with E-state index in [-0.39, 0.29) is 5.12 Å². The van der Waals surface area contributed by atoms with Gasteiger partial charge in [-0.3, -0.25) is 9.78 Å². The number of carbonyl (C=O) groups is 1. The maximum absolute atomic E-state index is 12.6. The Hall–Kier alpha value is -2.13. The van der Waals surface area contributed by atoms with Crippen molar-refractivity contribution in [2.45, 2.75) is 13.8 Å². The van der Waals surface area contributed by atoms with Gasteiger partial charge < -0.3 is 0 Å². The highest BCUT2D eigenvalue weighted by molar-refractivity contribution is 8.14. The highest BCUT2D eigenvalue weighted by Crippen LogP contribution is 2.34. The number of nitrogens with zero attached hydrogens (tertiary/aromatic N) is 1. The van der Waals surface area contributed by atoms with Crippen LogP contribution in [0.1, 0.15) is 23.0 Å². The number of pyridine rings is 1. The van der Waals surface area contributed by atoms with Crippen LogP contribution in [0.25, 0.3) is 22.0 Å². The molecule has 3 rings (SSSR count). The Balaban J connectivity index is 2.38. The van der Waals surface area contributed by atoms with Crippen LogP contribution in [-0.4, -0.2) is 15.9 Å². The Bertz CT molecular complexity index is 827. The molecule has 0 aliphatic carbocycles. The summed E-state index contributed by atoms with van der Waals surface area (Å²) in [5.74, 6) is 0.763. The highest BCUT2D eigenvalue weighted by atomic mass is 32.2. The van der Waals surface area contributed by atoms with Gasteiger partial charge in [-0.1, -0.05) is 67.2 Å². The summed E-state index contributed by atoms with van der Waals surface area (Å²) in [6.45, 7) is 3.91. The molecule has 1 heterocycles. The molecule has 0 unspecified atom stereocenters. The number of aromatic nitrogens is 1. The Morgan fingerprint density at radius 1 is 1.05 bits per heavy atom. The summed E-state index contributed by atoms with van der Waals surface area (Å²) in [7, 11) is 0. The summed E-state index contributed by atoms with van der Waals surface area (Å²) < 4.78 is 0. The molecule has 0 radical (unpaired) electrons. The Kier molecular flexibility index (Phi) is 4.25. The molecule has 0 spiro atoms. The normalized spacial score (nSPS) is 10.8. The lowest BCUT2D eigenvalue weighted by atomic mass is 9.95. The van der Waals surface area contributed by atoms with Gasteiger partial charge in [0.15, 0.2) is 0 Å². The van der Waals surface area contributed by atoms with Gasteiger partial charge in [-0.15, -0.1) is 0 Å². The average molecular weight is 307 g/mol. The quantitative estimate of drug-likeness (QED) is 0.674. The standard InChI is InChI=1S/C19H17NOS/c1-3-22-19(21)17-13(2)20-16-12-8-7-11-15(16)18(17)14-9-5-4-6-10-14/h4-12H,3H2,1-2H3. The fourth-order valence-electron chi connectivity index (χ4n) is 2.69. The molecule has 2 nitrogen and oxygen atoms in total. The number of para-hydroxylation sites is 1. The number of carbonyl (C=O) groups excluding carboxylic acids is 1. The van der Waals surface area contributed by atoms with Crippen molar-refractivity contribution in [3.63, 3.8) is 0 Å². The van der Waals surface area contributed by atoms with Crippen LogP contribution in [0.2, 0.25) is 0 Å². The molecule has 0 N–H and O–H groups in total. The minimum atomic E-state index is 0.0945. The van der Waals surface area contributed by atoms with Gasteiger partial charge in [0.25, 0.3) is 0 Å². The third kappa shape index (κ3) is 2.64. The first kappa shape index (κ1) is 14.8. The molecule has 3 heteroatoms. The fourth-order valence-corrected chi connectivity index (χ4v) is 3.35. The van der Waals surface area contributed by atoms with Crippen molar-refractivity contribution in [2.75, 3.05) is 5.75 Å². The fraction of sp³-hybridized carbons (Fsp3) is 0.158. The lowest BCUT2D eigenvalue weighted by Crippen LogP contribution is -2.04. The van der Waals surface area contributed by atoms with E-state index in [1.165, 1.54) is 11.8 Å². The second-order valence-corrected chi connectivity index (χ2v) is 6.29. The zero-order chi connectivity index (χ0) is 15.5. The molecule has 22 heavy (non-hydrogen) atoms. The number of benzene rings is 2. The van der Waals surface area contributed by atoms with Gasteiger partial charge in [-0.2, -0.15) is 0 Å². The van der Waals surface area contributed by atoms with Crippen molar-refractivity contribution in [1.82, 2.24) is 4.98 Å². The van der Waals surface area contributed by atoms with Gasteiger partial charge in [0.05, 0.1) is 16.8 Å². The van der Waals surface area contributed by atoms with E-state index in [2.05, 4.69) is 17.1 Å². The number of fused-ring (bicyclic) bond motifs is 1. The van der Waals surface area contributed by atoms with Crippen LogP contribution < -0.4 is 0 Å². The van der Waals surface area contributed by atoms with Gasteiger partial charge in [0, 0.05) is 10.9 Å². The third-order valence-corrected chi connectivity index (χ3v) is 4.37. The summed E-state index contributed by atoms with van der Waals surface area (Å²) in [5.41, 5.74) is 4.51. The Labute approximate surface area is 134 Å². The van der Waals surface area contributed by atoms with Crippen molar-refractivity contribution in [3.8, 4) is 11.1 Å².